The molecule has 2 heteroatoms. The van der Waals surface area contributed by atoms with Crippen LogP contribution in [0.3, 0.4) is 0 Å². The van der Waals surface area contributed by atoms with Gasteiger partial charge in [-0.2, -0.15) is 0 Å². The van der Waals surface area contributed by atoms with Gasteiger partial charge in [-0.1, -0.05) is 0 Å². The zero-order valence-electron chi connectivity index (χ0n) is 18.2. The van der Waals surface area contributed by atoms with Crippen LogP contribution in [-0.4, -0.2) is 6.88 Å². The molecule has 2 aliphatic carbocycles. The van der Waals surface area contributed by atoms with Gasteiger partial charge in [-0.15, -0.1) is 0 Å². The Hall–Kier alpha value is -2.54. The van der Waals surface area contributed by atoms with Crippen LogP contribution in [0.1, 0.15) is 17.5 Å². The van der Waals surface area contributed by atoms with E-state index >= 15 is 0 Å². The summed E-state index contributed by atoms with van der Waals surface area (Å²) in [6, 6.07) is 39.0. The van der Waals surface area contributed by atoms with Gasteiger partial charge in [0.1, 0.15) is 0 Å². The van der Waals surface area contributed by atoms with Crippen LogP contribution < -0.4 is 9.81 Å². The van der Waals surface area contributed by atoms with Crippen molar-refractivity contribution in [2.75, 3.05) is 0 Å². The summed E-state index contributed by atoms with van der Waals surface area (Å²) in [6.07, 6.45) is 9.15. The van der Waals surface area contributed by atoms with E-state index < -0.39 is 17.4 Å². The quantitative estimate of drug-likeness (QED) is 0.313. The van der Waals surface area contributed by atoms with Crippen molar-refractivity contribution in [1.29, 1.82) is 0 Å². The predicted molar refractivity (Wildman–Crippen MR) is 137 cm³/mol. The molecule has 0 N–H and O–H groups in total. The second-order valence-electron chi connectivity index (χ2n) is 9.18. The first-order valence-electron chi connectivity index (χ1n) is 11.4. The van der Waals surface area contributed by atoms with Gasteiger partial charge in [0.15, 0.2) is 0 Å². The van der Waals surface area contributed by atoms with Crippen LogP contribution in [0.4, 0.5) is 0 Å². The van der Waals surface area contributed by atoms with Crippen molar-refractivity contribution in [3.8, 4) is 11.1 Å². The van der Waals surface area contributed by atoms with Crippen LogP contribution in [0, 0.1) is 0 Å². The molecule has 32 heavy (non-hydrogen) atoms. The van der Waals surface area contributed by atoms with Gasteiger partial charge in [0.25, 0.3) is 0 Å². The van der Waals surface area contributed by atoms with E-state index in [9.17, 15) is 0 Å². The molecule has 0 unspecified atom stereocenters. The van der Waals surface area contributed by atoms with Crippen molar-refractivity contribution < 1.29 is 17.4 Å². The average molecular weight is 506 g/mol. The fourth-order valence-corrected chi connectivity index (χ4v) is 27.9. The molecule has 154 valence electrons. The molecule has 0 fully saturated rings. The fourth-order valence-electron chi connectivity index (χ4n) is 6.16. The Morgan fingerprint density at radius 3 is 1.91 bits per heavy atom. The molecule has 0 saturated carbocycles. The maximum atomic E-state index is 2.47. The van der Waals surface area contributed by atoms with E-state index in [-0.39, 0.29) is 0 Å². The Bertz CT molecular complexity index is 1420. The van der Waals surface area contributed by atoms with Crippen LogP contribution in [0.25, 0.3) is 11.1 Å². The number of benzene rings is 4. The third-order valence-electron chi connectivity index (χ3n) is 7.75. The Kier molecular flexibility index (Phi) is 4.72. The zero-order chi connectivity index (χ0) is 21.6. The molecule has 0 amide bonds. The summed E-state index contributed by atoms with van der Waals surface area (Å²) in [4.78, 5) is 0. The zero-order valence-corrected chi connectivity index (χ0v) is 22.0. The first kappa shape index (κ1) is 20.1. The summed E-state index contributed by atoms with van der Waals surface area (Å²) in [5.41, 5.74) is 5.86. The van der Waals surface area contributed by atoms with Crippen molar-refractivity contribution in [3.63, 3.8) is 0 Å². The summed E-state index contributed by atoms with van der Waals surface area (Å²) in [5, 5.41) is 0. The third kappa shape index (κ3) is 2.63. The molecular weight excluding hydrogens is 480 g/mol. The Labute approximate surface area is 192 Å². The van der Waals surface area contributed by atoms with Crippen molar-refractivity contribution in [2.24, 2.45) is 0 Å². The second-order valence-corrected chi connectivity index (χ2v) is 30.4. The fraction of sp³-hybridized carbons (Fsp3) is 0.0667. The van der Waals surface area contributed by atoms with Gasteiger partial charge in [0.05, 0.1) is 0 Å². The number of hydrogen-bond donors (Lipinski definition) is 0. The van der Waals surface area contributed by atoms with Gasteiger partial charge >= 0.3 is 194 Å². The van der Waals surface area contributed by atoms with E-state index in [1.54, 1.807) is 12.1 Å². The molecule has 6 rings (SSSR count). The van der Waals surface area contributed by atoms with Crippen LogP contribution >= 0.6 is 0 Å². The van der Waals surface area contributed by atoms with E-state index in [0.29, 0.717) is 0 Å². The molecule has 0 nitrogen and oxygen atoms in total. The molecule has 0 radical (unpaired) electrons. The third-order valence-corrected chi connectivity index (χ3v) is 33.9. The summed E-state index contributed by atoms with van der Waals surface area (Å²) < 4.78 is 6.34. The Morgan fingerprint density at radius 1 is 0.625 bits per heavy atom. The summed E-state index contributed by atoms with van der Waals surface area (Å²) in [6.45, 7) is 2.36. The molecule has 0 atom stereocenters. The number of hydrogen-bond acceptors (Lipinski definition) is 0. The van der Waals surface area contributed by atoms with E-state index in [4.69, 9.17) is 0 Å². The molecule has 0 saturated heterocycles. The van der Waals surface area contributed by atoms with Crippen molar-refractivity contribution in [1.82, 2.24) is 0 Å². The summed E-state index contributed by atoms with van der Waals surface area (Å²) in [7, 11) is 0. The monoisotopic (exact) mass is 504 g/mol. The van der Waals surface area contributed by atoms with Gasteiger partial charge in [0, 0.05) is 0 Å². The minimum absolute atomic E-state index is 1.03. The van der Waals surface area contributed by atoms with Crippen LogP contribution in [0.5, 0.6) is 0 Å². The number of fused-ring (bicyclic) bond motifs is 3. The normalized spacial score (nSPS) is 14.7. The number of allylic oxidation sites excluding steroid dienone is 4. The van der Waals surface area contributed by atoms with Crippen molar-refractivity contribution in [2.45, 2.75) is 12.8 Å². The van der Waals surface area contributed by atoms with Gasteiger partial charge in [-0.05, 0) is 0 Å². The topological polar surface area (TPSA) is 0 Å². The molecule has 0 aliphatic heterocycles. The molecule has 0 spiro atoms. The first-order chi connectivity index (χ1) is 15.7. The van der Waals surface area contributed by atoms with Crippen LogP contribution in [-0.2, 0) is 23.8 Å². The van der Waals surface area contributed by atoms with Crippen molar-refractivity contribution >= 4 is 16.7 Å². The second kappa shape index (κ2) is 7.51. The standard InChI is InChI=1S/C13H9.2C6H5.C5H5.H2Si.Zr/c1-3-7-12-10(5-1)9-11-6-2-4-8-13(11)12;2*1-2-4-6-5-3-1;1-2-4-5-3-1;;/h1-5,7-8H,9H2;2*1-5H;1-3H,4H2;1H2;. The van der Waals surface area contributed by atoms with Gasteiger partial charge < -0.3 is 0 Å². The molecule has 4 aromatic carbocycles. The molecule has 0 bridgehead atoms. The Balaban J connectivity index is 1.78. The average Bonchev–Trinajstić information content (AvgIpc) is 3.54. The Morgan fingerprint density at radius 2 is 1.25 bits per heavy atom. The van der Waals surface area contributed by atoms with E-state index in [0.717, 1.165) is 12.8 Å². The summed E-state index contributed by atoms with van der Waals surface area (Å²) in [5.74, 6) is 0. The van der Waals surface area contributed by atoms with Crippen LogP contribution in [0.2, 0.25) is 0 Å². The molecule has 0 aromatic heterocycles. The first-order valence-corrected chi connectivity index (χ1v) is 22.3. The van der Waals surface area contributed by atoms with Gasteiger partial charge in [-0.25, -0.2) is 0 Å². The van der Waals surface area contributed by atoms with Crippen molar-refractivity contribution in [3.05, 3.63) is 136 Å². The van der Waals surface area contributed by atoms with Crippen LogP contribution in [0.15, 0.2) is 125 Å². The maximum absolute atomic E-state index is 4.15. The minimum atomic E-state index is -4.15. The SMILES string of the molecule is [SiH2]=[Zr]([C]1=CC=CC1)([c]1ccccc1)([c]1ccccc1)[c]1cccc2c1Cc1ccccc1-2. The molecule has 0 heterocycles. The van der Waals surface area contributed by atoms with Gasteiger partial charge in [-0.3, -0.25) is 0 Å². The predicted octanol–water partition coefficient (Wildman–Crippen LogP) is 4.62. The molecule has 2 aliphatic rings. The van der Waals surface area contributed by atoms with Gasteiger partial charge in [0.2, 0.25) is 0 Å². The number of rotatable bonds is 4. The van der Waals surface area contributed by atoms with E-state index in [2.05, 4.69) is 128 Å². The van der Waals surface area contributed by atoms with E-state index in [1.807, 2.05) is 0 Å². The molecular formula is C30H26SiZr. The molecule has 4 aromatic rings. The summed E-state index contributed by atoms with van der Waals surface area (Å²) >= 11 is -4.15. The van der Waals surface area contributed by atoms with E-state index in [1.165, 1.54) is 23.2 Å².